The van der Waals surface area contributed by atoms with Crippen LogP contribution in [-0.4, -0.2) is 49.0 Å². The van der Waals surface area contributed by atoms with Gasteiger partial charge in [-0.2, -0.15) is 0 Å². The van der Waals surface area contributed by atoms with E-state index in [-0.39, 0.29) is 12.2 Å². The number of ether oxygens (including phenoxy) is 2. The lowest BCUT2D eigenvalue weighted by atomic mass is 10.2. The molecule has 0 aliphatic carbocycles. The lowest BCUT2D eigenvalue weighted by Crippen LogP contribution is -2.46. The van der Waals surface area contributed by atoms with Gasteiger partial charge >= 0.3 is 0 Å². The van der Waals surface area contributed by atoms with Gasteiger partial charge in [0, 0.05) is 6.04 Å². The van der Waals surface area contributed by atoms with E-state index in [1.807, 2.05) is 0 Å². The van der Waals surface area contributed by atoms with E-state index in [1.54, 1.807) is 0 Å². The summed E-state index contributed by atoms with van der Waals surface area (Å²) in [4.78, 5) is 2.44. The first-order valence-corrected chi connectivity index (χ1v) is 6.87. The van der Waals surface area contributed by atoms with Crippen molar-refractivity contribution in [3.05, 3.63) is 0 Å². The van der Waals surface area contributed by atoms with Crippen LogP contribution >= 0.6 is 0 Å². The summed E-state index contributed by atoms with van der Waals surface area (Å²) < 4.78 is 11.5. The molecule has 3 heteroatoms. The number of hydrogen-bond donors (Lipinski definition) is 0. The van der Waals surface area contributed by atoms with Crippen molar-refractivity contribution >= 4 is 0 Å². The second-order valence-electron chi connectivity index (χ2n) is 5.34. The van der Waals surface area contributed by atoms with E-state index in [4.69, 9.17) is 9.47 Å². The number of rotatable bonds is 9. The molecule has 0 unspecified atom stereocenters. The average Bonchev–Trinajstić information content (AvgIpc) is 2.21. The van der Waals surface area contributed by atoms with Crippen LogP contribution in [0.5, 0.6) is 0 Å². The van der Waals surface area contributed by atoms with Crippen LogP contribution in [0.2, 0.25) is 0 Å². The molecule has 0 spiro atoms. The molecule has 0 aromatic carbocycles. The molecule has 0 aromatic heterocycles. The SMILES string of the molecule is CCN(C(C)C)C(COC(C)C)COC(C)C. The van der Waals surface area contributed by atoms with Gasteiger partial charge in [-0.15, -0.1) is 0 Å². The number of hydrogen-bond acceptors (Lipinski definition) is 3. The summed E-state index contributed by atoms with van der Waals surface area (Å²) in [6.07, 6.45) is 0.560. The van der Waals surface area contributed by atoms with E-state index in [9.17, 15) is 0 Å². The van der Waals surface area contributed by atoms with Crippen LogP contribution in [0.3, 0.4) is 0 Å². The van der Waals surface area contributed by atoms with Gasteiger partial charge in [0.25, 0.3) is 0 Å². The lowest BCUT2D eigenvalue weighted by Gasteiger charge is -2.34. The fraction of sp³-hybridized carbons (Fsp3) is 1.00. The highest BCUT2D eigenvalue weighted by Crippen LogP contribution is 2.09. The Morgan fingerprint density at radius 3 is 1.47 bits per heavy atom. The lowest BCUT2D eigenvalue weighted by molar-refractivity contribution is -0.0349. The molecule has 0 saturated heterocycles. The Hall–Kier alpha value is -0.120. The highest BCUT2D eigenvalue weighted by molar-refractivity contribution is 4.74. The minimum Gasteiger partial charge on any atom is -0.377 e. The molecular formula is C14H31NO2. The fourth-order valence-corrected chi connectivity index (χ4v) is 1.89. The third kappa shape index (κ3) is 7.74. The van der Waals surface area contributed by atoms with Crippen LogP contribution < -0.4 is 0 Å². The summed E-state index contributed by atoms with van der Waals surface area (Å²) in [6.45, 7) is 17.5. The molecular weight excluding hydrogens is 214 g/mol. The second kappa shape index (κ2) is 8.90. The summed E-state index contributed by atoms with van der Waals surface area (Å²) in [6, 6.07) is 0.876. The Morgan fingerprint density at radius 1 is 0.824 bits per heavy atom. The van der Waals surface area contributed by atoms with Gasteiger partial charge in [0.15, 0.2) is 0 Å². The minimum atomic E-state index is 0.280. The van der Waals surface area contributed by atoms with Crippen molar-refractivity contribution in [2.24, 2.45) is 0 Å². The second-order valence-corrected chi connectivity index (χ2v) is 5.34. The average molecular weight is 245 g/mol. The molecule has 0 aromatic rings. The van der Waals surface area contributed by atoms with Crippen molar-refractivity contribution in [3.8, 4) is 0 Å². The Balaban J connectivity index is 4.35. The van der Waals surface area contributed by atoms with Crippen LogP contribution in [0.15, 0.2) is 0 Å². The monoisotopic (exact) mass is 245 g/mol. The molecule has 0 atom stereocenters. The van der Waals surface area contributed by atoms with Gasteiger partial charge in [0.2, 0.25) is 0 Å². The molecule has 0 aliphatic rings. The maximum atomic E-state index is 5.75. The maximum Gasteiger partial charge on any atom is 0.0647 e. The van der Waals surface area contributed by atoms with Crippen LogP contribution in [0.4, 0.5) is 0 Å². The van der Waals surface area contributed by atoms with E-state index in [0.717, 1.165) is 19.8 Å². The molecule has 0 fully saturated rings. The van der Waals surface area contributed by atoms with Gasteiger partial charge < -0.3 is 9.47 Å². The summed E-state index contributed by atoms with van der Waals surface area (Å²) in [5, 5.41) is 0. The quantitative estimate of drug-likeness (QED) is 0.623. The van der Waals surface area contributed by atoms with Gasteiger partial charge in [-0.3, -0.25) is 4.90 Å². The molecule has 0 rings (SSSR count). The van der Waals surface area contributed by atoms with Gasteiger partial charge in [-0.25, -0.2) is 0 Å². The molecule has 104 valence electrons. The summed E-state index contributed by atoms with van der Waals surface area (Å²) in [7, 11) is 0. The van der Waals surface area contributed by atoms with Gasteiger partial charge in [0.1, 0.15) is 0 Å². The largest absolute Gasteiger partial charge is 0.377 e. The van der Waals surface area contributed by atoms with Gasteiger partial charge in [-0.1, -0.05) is 6.92 Å². The third-order valence-electron chi connectivity index (χ3n) is 2.74. The Bertz CT molecular complexity index is 169. The van der Waals surface area contributed by atoms with E-state index in [1.165, 1.54) is 0 Å². The third-order valence-corrected chi connectivity index (χ3v) is 2.74. The zero-order valence-corrected chi connectivity index (χ0v) is 12.7. The molecule has 0 N–H and O–H groups in total. The Kier molecular flexibility index (Phi) is 8.83. The predicted molar refractivity (Wildman–Crippen MR) is 73.5 cm³/mol. The maximum absolute atomic E-state index is 5.75. The van der Waals surface area contributed by atoms with Crippen molar-refractivity contribution in [1.29, 1.82) is 0 Å². The zero-order chi connectivity index (χ0) is 13.4. The van der Waals surface area contributed by atoms with Crippen LogP contribution in [0.1, 0.15) is 48.5 Å². The smallest absolute Gasteiger partial charge is 0.0647 e. The molecule has 0 bridgehead atoms. The normalized spacial score (nSPS) is 12.7. The van der Waals surface area contributed by atoms with Crippen LogP contribution in [0.25, 0.3) is 0 Å². The van der Waals surface area contributed by atoms with Crippen molar-refractivity contribution < 1.29 is 9.47 Å². The first-order valence-electron chi connectivity index (χ1n) is 6.87. The highest BCUT2D eigenvalue weighted by Gasteiger charge is 2.21. The Labute approximate surface area is 107 Å². The fourth-order valence-electron chi connectivity index (χ4n) is 1.89. The van der Waals surface area contributed by atoms with Gasteiger partial charge in [-0.05, 0) is 48.1 Å². The van der Waals surface area contributed by atoms with Crippen molar-refractivity contribution in [3.63, 3.8) is 0 Å². The predicted octanol–water partition coefficient (Wildman–Crippen LogP) is 2.94. The molecule has 3 nitrogen and oxygen atoms in total. The van der Waals surface area contributed by atoms with Crippen molar-refractivity contribution in [2.75, 3.05) is 19.8 Å². The summed E-state index contributed by atoms with van der Waals surface area (Å²) >= 11 is 0. The zero-order valence-electron chi connectivity index (χ0n) is 12.7. The highest BCUT2D eigenvalue weighted by atomic mass is 16.5. The summed E-state index contributed by atoms with van der Waals surface area (Å²) in [5.41, 5.74) is 0. The molecule has 0 radical (unpaired) electrons. The summed E-state index contributed by atoms with van der Waals surface area (Å²) in [5.74, 6) is 0. The van der Waals surface area contributed by atoms with E-state index >= 15 is 0 Å². The first-order chi connectivity index (χ1) is 7.88. The van der Waals surface area contributed by atoms with Crippen molar-refractivity contribution in [2.45, 2.75) is 72.8 Å². The van der Waals surface area contributed by atoms with Crippen molar-refractivity contribution in [1.82, 2.24) is 4.90 Å². The topological polar surface area (TPSA) is 21.7 Å². The number of likely N-dealkylation sites (N-methyl/N-ethyl adjacent to an activating group) is 1. The van der Waals surface area contributed by atoms with Crippen LogP contribution in [-0.2, 0) is 9.47 Å². The van der Waals surface area contributed by atoms with E-state index < -0.39 is 0 Å². The Morgan fingerprint density at radius 2 is 1.24 bits per heavy atom. The molecule has 0 aliphatic heterocycles. The molecule has 17 heavy (non-hydrogen) atoms. The van der Waals surface area contributed by atoms with Gasteiger partial charge in [0.05, 0.1) is 31.5 Å². The van der Waals surface area contributed by atoms with E-state index in [0.29, 0.717) is 12.1 Å². The number of nitrogens with zero attached hydrogens (tertiary/aromatic N) is 1. The molecule has 0 heterocycles. The molecule has 0 amide bonds. The van der Waals surface area contributed by atoms with Crippen LogP contribution in [0, 0.1) is 0 Å². The minimum absolute atomic E-state index is 0.280. The first kappa shape index (κ1) is 16.9. The molecule has 0 saturated carbocycles. The van der Waals surface area contributed by atoms with E-state index in [2.05, 4.69) is 53.4 Å². The standard InChI is InChI=1S/C14H31NO2/c1-8-15(11(2)3)14(9-16-12(4)5)10-17-13(6)7/h11-14H,8-10H2,1-7H3.